The summed E-state index contributed by atoms with van der Waals surface area (Å²) in [5.74, 6) is 0.718. The van der Waals surface area contributed by atoms with Crippen molar-refractivity contribution >= 4 is 5.97 Å². The molecule has 0 atom stereocenters. The van der Waals surface area contributed by atoms with Crippen molar-refractivity contribution in [1.82, 2.24) is 0 Å². The molecule has 0 radical (unpaired) electrons. The Kier molecular flexibility index (Phi) is 2.94. The Morgan fingerprint density at radius 1 is 1.21 bits per heavy atom. The van der Waals surface area contributed by atoms with Crippen LogP contribution >= 0.6 is 0 Å². The van der Waals surface area contributed by atoms with E-state index < -0.39 is 11.6 Å². The molecule has 19 heavy (non-hydrogen) atoms. The van der Waals surface area contributed by atoms with E-state index in [1.165, 1.54) is 0 Å². The van der Waals surface area contributed by atoms with E-state index in [2.05, 4.69) is 0 Å². The van der Waals surface area contributed by atoms with Gasteiger partial charge in [-0.05, 0) is 12.1 Å². The predicted molar refractivity (Wildman–Crippen MR) is 63.6 cm³/mol. The van der Waals surface area contributed by atoms with Crippen molar-refractivity contribution in [1.29, 1.82) is 0 Å². The SMILES string of the molecule is O=C(O)C1(Oc2ccc3c(c2)OCO3)CCOCC1. The van der Waals surface area contributed by atoms with Gasteiger partial charge in [-0.15, -0.1) is 0 Å². The minimum atomic E-state index is -1.22. The Morgan fingerprint density at radius 3 is 2.68 bits per heavy atom. The molecule has 1 saturated heterocycles. The van der Waals surface area contributed by atoms with Gasteiger partial charge in [-0.3, -0.25) is 0 Å². The molecule has 2 aliphatic rings. The zero-order chi connectivity index (χ0) is 13.3. The number of benzene rings is 1. The molecule has 0 unspecified atom stereocenters. The minimum absolute atomic E-state index is 0.177. The zero-order valence-corrected chi connectivity index (χ0v) is 10.3. The Morgan fingerprint density at radius 2 is 1.95 bits per heavy atom. The number of aliphatic carboxylic acids is 1. The molecular weight excluding hydrogens is 252 g/mol. The smallest absolute Gasteiger partial charge is 0.348 e. The van der Waals surface area contributed by atoms with Gasteiger partial charge in [0.1, 0.15) is 5.75 Å². The first-order valence-electron chi connectivity index (χ1n) is 6.09. The minimum Gasteiger partial charge on any atom is -0.478 e. The first kappa shape index (κ1) is 12.1. The summed E-state index contributed by atoms with van der Waals surface area (Å²) in [5, 5.41) is 9.41. The summed E-state index contributed by atoms with van der Waals surface area (Å²) in [6.07, 6.45) is 0.660. The molecule has 3 rings (SSSR count). The highest BCUT2D eigenvalue weighted by Gasteiger charge is 2.43. The third-order valence-corrected chi connectivity index (χ3v) is 3.35. The molecule has 0 amide bonds. The van der Waals surface area contributed by atoms with Crippen molar-refractivity contribution in [3.63, 3.8) is 0 Å². The van der Waals surface area contributed by atoms with Crippen molar-refractivity contribution in [2.45, 2.75) is 18.4 Å². The van der Waals surface area contributed by atoms with E-state index in [1.54, 1.807) is 18.2 Å². The maximum atomic E-state index is 11.5. The van der Waals surface area contributed by atoms with Crippen molar-refractivity contribution in [3.8, 4) is 17.2 Å². The van der Waals surface area contributed by atoms with Crippen molar-refractivity contribution < 1.29 is 28.8 Å². The predicted octanol–water partition coefficient (Wildman–Crippen LogP) is 1.43. The van der Waals surface area contributed by atoms with Crippen LogP contribution < -0.4 is 14.2 Å². The normalized spacial score (nSPS) is 20.0. The van der Waals surface area contributed by atoms with Crippen LogP contribution in [0.1, 0.15) is 12.8 Å². The third-order valence-electron chi connectivity index (χ3n) is 3.35. The molecular formula is C13H14O6. The third kappa shape index (κ3) is 2.19. The molecule has 0 aliphatic carbocycles. The monoisotopic (exact) mass is 266 g/mol. The Balaban J connectivity index is 1.84. The van der Waals surface area contributed by atoms with E-state index in [4.69, 9.17) is 18.9 Å². The van der Waals surface area contributed by atoms with Crippen molar-refractivity contribution in [2.24, 2.45) is 0 Å². The molecule has 2 heterocycles. The summed E-state index contributed by atoms with van der Waals surface area (Å²) in [4.78, 5) is 11.5. The number of carboxylic acids is 1. The highest BCUT2D eigenvalue weighted by atomic mass is 16.7. The molecule has 6 heteroatoms. The second-order valence-electron chi connectivity index (χ2n) is 4.53. The van der Waals surface area contributed by atoms with Gasteiger partial charge in [0.25, 0.3) is 0 Å². The summed E-state index contributed by atoms with van der Waals surface area (Å²) in [7, 11) is 0. The zero-order valence-electron chi connectivity index (χ0n) is 10.3. The summed E-state index contributed by atoms with van der Waals surface area (Å²) >= 11 is 0. The van der Waals surface area contributed by atoms with Crippen LogP contribution in [0.15, 0.2) is 18.2 Å². The van der Waals surface area contributed by atoms with E-state index in [0.29, 0.717) is 43.3 Å². The maximum absolute atomic E-state index is 11.5. The standard InChI is InChI=1S/C13H14O6/c14-12(15)13(3-5-16-6-4-13)19-9-1-2-10-11(7-9)18-8-17-10/h1-2,7H,3-6,8H2,(H,14,15). The Labute approximate surface area is 109 Å². The van der Waals surface area contributed by atoms with Crippen LogP contribution in [0.2, 0.25) is 0 Å². The number of rotatable bonds is 3. The van der Waals surface area contributed by atoms with Gasteiger partial charge in [-0.1, -0.05) is 0 Å². The quantitative estimate of drug-likeness (QED) is 0.892. The fraction of sp³-hybridized carbons (Fsp3) is 0.462. The largest absolute Gasteiger partial charge is 0.478 e. The van der Waals surface area contributed by atoms with Crippen molar-refractivity contribution in [2.75, 3.05) is 20.0 Å². The Hall–Kier alpha value is -1.95. The summed E-state index contributed by atoms with van der Waals surface area (Å²) < 4.78 is 21.4. The van der Waals surface area contributed by atoms with Crippen LogP contribution in [-0.2, 0) is 9.53 Å². The molecule has 1 aromatic carbocycles. The van der Waals surface area contributed by atoms with Gasteiger partial charge < -0.3 is 24.1 Å². The van der Waals surface area contributed by atoms with Crippen LogP contribution in [0.4, 0.5) is 0 Å². The fourth-order valence-corrected chi connectivity index (χ4v) is 2.23. The van der Waals surface area contributed by atoms with E-state index in [0.717, 1.165) is 0 Å². The fourth-order valence-electron chi connectivity index (χ4n) is 2.23. The molecule has 0 saturated carbocycles. The molecule has 6 nitrogen and oxygen atoms in total. The molecule has 102 valence electrons. The van der Waals surface area contributed by atoms with Crippen LogP contribution in [0, 0.1) is 0 Å². The van der Waals surface area contributed by atoms with E-state index >= 15 is 0 Å². The second-order valence-corrected chi connectivity index (χ2v) is 4.53. The van der Waals surface area contributed by atoms with Crippen LogP contribution in [0.25, 0.3) is 0 Å². The van der Waals surface area contributed by atoms with Gasteiger partial charge in [0.2, 0.25) is 12.4 Å². The van der Waals surface area contributed by atoms with Gasteiger partial charge in [0, 0.05) is 18.9 Å². The van der Waals surface area contributed by atoms with Gasteiger partial charge in [0.05, 0.1) is 13.2 Å². The number of hydrogen-bond donors (Lipinski definition) is 1. The van der Waals surface area contributed by atoms with Gasteiger partial charge in [-0.25, -0.2) is 4.79 Å². The molecule has 1 N–H and O–H groups in total. The molecule has 2 aliphatic heterocycles. The number of carbonyl (C=O) groups is 1. The average molecular weight is 266 g/mol. The summed E-state index contributed by atoms with van der Waals surface area (Å²) in [5.41, 5.74) is -1.22. The van der Waals surface area contributed by atoms with Gasteiger partial charge in [-0.2, -0.15) is 0 Å². The highest BCUT2D eigenvalue weighted by Crippen LogP contribution is 2.37. The second kappa shape index (κ2) is 4.62. The van der Waals surface area contributed by atoms with Crippen LogP contribution in [0.3, 0.4) is 0 Å². The number of carboxylic acid groups (broad SMARTS) is 1. The highest BCUT2D eigenvalue weighted by molar-refractivity contribution is 5.78. The lowest BCUT2D eigenvalue weighted by Gasteiger charge is -2.33. The summed E-state index contributed by atoms with van der Waals surface area (Å²) in [6, 6.07) is 5.06. The van der Waals surface area contributed by atoms with E-state index in [1.807, 2.05) is 0 Å². The number of ether oxygens (including phenoxy) is 4. The number of fused-ring (bicyclic) bond motifs is 1. The average Bonchev–Trinajstić information content (AvgIpc) is 2.87. The molecule has 0 aromatic heterocycles. The van der Waals surface area contributed by atoms with Crippen molar-refractivity contribution in [3.05, 3.63) is 18.2 Å². The van der Waals surface area contributed by atoms with Crippen LogP contribution in [0.5, 0.6) is 17.2 Å². The number of hydrogen-bond acceptors (Lipinski definition) is 5. The lowest BCUT2D eigenvalue weighted by Crippen LogP contribution is -2.49. The van der Waals surface area contributed by atoms with Gasteiger partial charge in [0.15, 0.2) is 11.5 Å². The first-order valence-corrected chi connectivity index (χ1v) is 6.09. The van der Waals surface area contributed by atoms with E-state index in [9.17, 15) is 9.90 Å². The molecule has 0 spiro atoms. The lowest BCUT2D eigenvalue weighted by molar-refractivity contribution is -0.163. The topological polar surface area (TPSA) is 74.2 Å². The molecule has 1 fully saturated rings. The lowest BCUT2D eigenvalue weighted by atomic mass is 9.94. The maximum Gasteiger partial charge on any atom is 0.348 e. The van der Waals surface area contributed by atoms with Gasteiger partial charge >= 0.3 is 5.97 Å². The molecule has 0 bridgehead atoms. The Bertz CT molecular complexity index is 492. The van der Waals surface area contributed by atoms with Crippen LogP contribution in [-0.4, -0.2) is 36.7 Å². The first-order chi connectivity index (χ1) is 9.20. The molecule has 1 aromatic rings. The van der Waals surface area contributed by atoms with E-state index in [-0.39, 0.29) is 6.79 Å². The summed E-state index contributed by atoms with van der Waals surface area (Å²) in [6.45, 7) is 0.949.